The summed E-state index contributed by atoms with van der Waals surface area (Å²) in [7, 11) is 1.37. The van der Waals surface area contributed by atoms with Gasteiger partial charge in [-0.1, -0.05) is 11.8 Å². The van der Waals surface area contributed by atoms with Crippen LogP contribution in [0.2, 0.25) is 0 Å². The number of furan rings is 1. The highest BCUT2D eigenvalue weighted by atomic mass is 32.2. The molecule has 0 aliphatic heterocycles. The van der Waals surface area contributed by atoms with Crippen LogP contribution in [-0.4, -0.2) is 38.9 Å². The molecule has 0 aliphatic carbocycles. The second-order valence-electron chi connectivity index (χ2n) is 4.92. The smallest absolute Gasteiger partial charge is 0.273 e. The standard InChI is InChI=1S/C15H13N5O5S/c1-24-12-7-9(20(22)23)4-5-10(12)16-13(21)8-26-15-17-14(18-19-15)11-3-2-6-25-11/h2-7H,8H2,1H3,(H,16,21)(H,17,18,19). The molecule has 0 atom stereocenters. The first-order chi connectivity index (χ1) is 12.6. The van der Waals surface area contributed by atoms with E-state index < -0.39 is 4.92 Å². The van der Waals surface area contributed by atoms with Gasteiger partial charge in [0.2, 0.25) is 11.1 Å². The minimum atomic E-state index is -0.538. The molecule has 2 aromatic heterocycles. The normalized spacial score (nSPS) is 10.5. The maximum absolute atomic E-state index is 12.1. The Kier molecular flexibility index (Phi) is 5.17. The maximum atomic E-state index is 12.1. The van der Waals surface area contributed by atoms with Crippen LogP contribution in [-0.2, 0) is 4.79 Å². The van der Waals surface area contributed by atoms with Crippen LogP contribution in [0.15, 0.2) is 46.2 Å². The molecule has 1 aromatic carbocycles. The molecule has 3 aromatic rings. The van der Waals surface area contributed by atoms with E-state index in [1.807, 2.05) is 0 Å². The Morgan fingerprint density at radius 1 is 1.46 bits per heavy atom. The summed E-state index contributed by atoms with van der Waals surface area (Å²) in [4.78, 5) is 26.6. The van der Waals surface area contributed by atoms with Gasteiger partial charge in [-0.15, -0.1) is 5.10 Å². The number of nitrogens with zero attached hydrogens (tertiary/aromatic N) is 3. The molecule has 0 bridgehead atoms. The monoisotopic (exact) mass is 375 g/mol. The van der Waals surface area contributed by atoms with Gasteiger partial charge in [0.25, 0.3) is 5.69 Å². The SMILES string of the molecule is COc1cc([N+](=O)[O-])ccc1NC(=O)CSc1n[nH]c(-c2ccco2)n1. The van der Waals surface area contributed by atoms with Gasteiger partial charge in [-0.25, -0.2) is 0 Å². The van der Waals surface area contributed by atoms with E-state index in [4.69, 9.17) is 9.15 Å². The molecule has 0 saturated carbocycles. The molecular formula is C15H13N5O5S. The minimum absolute atomic E-state index is 0.0512. The molecule has 1 amide bonds. The summed E-state index contributed by atoms with van der Waals surface area (Å²) in [5.74, 6) is 0.941. The predicted molar refractivity (Wildman–Crippen MR) is 93.1 cm³/mol. The van der Waals surface area contributed by atoms with E-state index in [9.17, 15) is 14.9 Å². The van der Waals surface area contributed by atoms with Crippen LogP contribution in [0.25, 0.3) is 11.6 Å². The number of anilines is 1. The number of carbonyl (C=O) groups excluding carboxylic acids is 1. The number of nitro groups is 1. The van der Waals surface area contributed by atoms with E-state index in [0.29, 0.717) is 22.4 Å². The Balaban J connectivity index is 1.60. The van der Waals surface area contributed by atoms with E-state index in [0.717, 1.165) is 11.8 Å². The molecule has 0 aliphatic rings. The highest BCUT2D eigenvalue weighted by Gasteiger charge is 2.15. The van der Waals surface area contributed by atoms with Gasteiger partial charge in [-0.05, 0) is 18.2 Å². The zero-order valence-corrected chi connectivity index (χ0v) is 14.3. The zero-order valence-electron chi connectivity index (χ0n) is 13.5. The van der Waals surface area contributed by atoms with Gasteiger partial charge < -0.3 is 14.5 Å². The van der Waals surface area contributed by atoms with Gasteiger partial charge in [0.15, 0.2) is 11.6 Å². The lowest BCUT2D eigenvalue weighted by molar-refractivity contribution is -0.384. The van der Waals surface area contributed by atoms with Crippen LogP contribution < -0.4 is 10.1 Å². The predicted octanol–water partition coefficient (Wildman–Crippen LogP) is 2.71. The highest BCUT2D eigenvalue weighted by Crippen LogP contribution is 2.29. The van der Waals surface area contributed by atoms with Crippen LogP contribution in [0.5, 0.6) is 5.75 Å². The summed E-state index contributed by atoms with van der Waals surface area (Å²) in [5, 5.41) is 20.5. The molecule has 2 N–H and O–H groups in total. The highest BCUT2D eigenvalue weighted by molar-refractivity contribution is 7.99. The first-order valence-electron chi connectivity index (χ1n) is 7.28. The van der Waals surface area contributed by atoms with Crippen molar-refractivity contribution in [3.8, 4) is 17.3 Å². The minimum Gasteiger partial charge on any atom is -0.494 e. The number of nitrogens with one attached hydrogen (secondary N) is 2. The number of hydrogen-bond donors (Lipinski definition) is 2. The average molecular weight is 375 g/mol. The Bertz CT molecular complexity index is 924. The number of methoxy groups -OCH3 is 1. The number of H-pyrrole nitrogens is 1. The van der Waals surface area contributed by atoms with Crippen molar-refractivity contribution >= 4 is 29.0 Å². The maximum Gasteiger partial charge on any atom is 0.273 e. The number of ether oxygens (including phenoxy) is 1. The Morgan fingerprint density at radius 3 is 3.00 bits per heavy atom. The largest absolute Gasteiger partial charge is 0.494 e. The molecule has 0 saturated heterocycles. The first-order valence-corrected chi connectivity index (χ1v) is 8.26. The number of hydrogen-bond acceptors (Lipinski definition) is 8. The molecule has 0 fully saturated rings. The molecular weight excluding hydrogens is 362 g/mol. The Morgan fingerprint density at radius 2 is 2.31 bits per heavy atom. The van der Waals surface area contributed by atoms with Crippen molar-refractivity contribution < 1.29 is 18.9 Å². The van der Waals surface area contributed by atoms with Crippen molar-refractivity contribution in [2.24, 2.45) is 0 Å². The fourth-order valence-corrected chi connectivity index (χ4v) is 2.65. The van der Waals surface area contributed by atoms with Gasteiger partial charge in [-0.3, -0.25) is 20.0 Å². The van der Waals surface area contributed by atoms with Crippen molar-refractivity contribution in [2.75, 3.05) is 18.2 Å². The lowest BCUT2D eigenvalue weighted by atomic mass is 10.2. The van der Waals surface area contributed by atoms with Crippen molar-refractivity contribution in [1.82, 2.24) is 15.2 Å². The average Bonchev–Trinajstić information content (AvgIpc) is 3.31. The second kappa shape index (κ2) is 7.70. The molecule has 0 radical (unpaired) electrons. The second-order valence-corrected chi connectivity index (χ2v) is 5.86. The van der Waals surface area contributed by atoms with Crippen LogP contribution in [0, 0.1) is 10.1 Å². The topological polar surface area (TPSA) is 136 Å². The van der Waals surface area contributed by atoms with Crippen molar-refractivity contribution in [3.05, 3.63) is 46.7 Å². The number of carbonyl (C=O) groups is 1. The third-order valence-corrected chi connectivity index (χ3v) is 4.07. The third kappa shape index (κ3) is 4.00. The van der Waals surface area contributed by atoms with Crippen LogP contribution >= 0.6 is 11.8 Å². The molecule has 3 rings (SSSR count). The molecule has 10 nitrogen and oxygen atoms in total. The Hall–Kier alpha value is -3.34. The number of amides is 1. The number of aromatic nitrogens is 3. The van der Waals surface area contributed by atoms with Gasteiger partial charge in [0.05, 0.1) is 35.8 Å². The third-order valence-electron chi connectivity index (χ3n) is 3.22. The van der Waals surface area contributed by atoms with Crippen LogP contribution in [0.1, 0.15) is 0 Å². The van der Waals surface area contributed by atoms with Crippen molar-refractivity contribution in [3.63, 3.8) is 0 Å². The van der Waals surface area contributed by atoms with Gasteiger partial charge in [0.1, 0.15) is 5.75 Å². The quantitative estimate of drug-likeness (QED) is 0.365. The lowest BCUT2D eigenvalue weighted by Gasteiger charge is -2.09. The summed E-state index contributed by atoms with van der Waals surface area (Å²) in [6.07, 6.45) is 1.52. The molecule has 26 heavy (non-hydrogen) atoms. The van der Waals surface area contributed by atoms with E-state index in [1.165, 1.54) is 31.6 Å². The number of aromatic amines is 1. The lowest BCUT2D eigenvalue weighted by Crippen LogP contribution is -2.14. The van der Waals surface area contributed by atoms with E-state index >= 15 is 0 Å². The number of thioether (sulfide) groups is 1. The fraction of sp³-hybridized carbons (Fsp3) is 0.133. The van der Waals surface area contributed by atoms with E-state index in [1.54, 1.807) is 12.1 Å². The summed E-state index contributed by atoms with van der Waals surface area (Å²) in [6.45, 7) is 0. The zero-order chi connectivity index (χ0) is 18.5. The fourth-order valence-electron chi connectivity index (χ4n) is 2.05. The summed E-state index contributed by atoms with van der Waals surface area (Å²) < 4.78 is 10.3. The number of rotatable bonds is 7. The molecule has 11 heteroatoms. The molecule has 0 unspecified atom stereocenters. The molecule has 134 valence electrons. The molecule has 0 spiro atoms. The first kappa shape index (κ1) is 17.5. The Labute approximate surface area is 151 Å². The molecule has 2 heterocycles. The summed E-state index contributed by atoms with van der Waals surface area (Å²) in [6, 6.07) is 7.42. The number of nitro benzene ring substituents is 1. The number of benzene rings is 1. The summed E-state index contributed by atoms with van der Waals surface area (Å²) >= 11 is 1.13. The van der Waals surface area contributed by atoms with Crippen LogP contribution in [0.4, 0.5) is 11.4 Å². The summed E-state index contributed by atoms with van der Waals surface area (Å²) in [5.41, 5.74) is 0.218. The van der Waals surface area contributed by atoms with Gasteiger partial charge >= 0.3 is 0 Å². The van der Waals surface area contributed by atoms with Crippen molar-refractivity contribution in [2.45, 2.75) is 5.16 Å². The number of non-ortho nitro benzene ring substituents is 1. The van der Waals surface area contributed by atoms with Gasteiger partial charge in [-0.2, -0.15) is 4.98 Å². The van der Waals surface area contributed by atoms with Crippen LogP contribution in [0.3, 0.4) is 0 Å². The van der Waals surface area contributed by atoms with Crippen molar-refractivity contribution in [1.29, 1.82) is 0 Å². The van der Waals surface area contributed by atoms with E-state index in [-0.39, 0.29) is 23.1 Å². The van der Waals surface area contributed by atoms with E-state index in [2.05, 4.69) is 20.5 Å². The van der Waals surface area contributed by atoms with Gasteiger partial charge in [0, 0.05) is 6.07 Å².